The van der Waals surface area contributed by atoms with Crippen LogP contribution in [0.25, 0.3) is 0 Å². The van der Waals surface area contributed by atoms with Crippen LogP contribution in [0.2, 0.25) is 0 Å². The van der Waals surface area contributed by atoms with E-state index in [9.17, 15) is 14.4 Å². The van der Waals surface area contributed by atoms with Crippen LogP contribution in [0.4, 0.5) is 0 Å². The number of amides is 2. The first-order valence-corrected chi connectivity index (χ1v) is 5.90. The van der Waals surface area contributed by atoms with E-state index in [2.05, 4.69) is 0 Å². The third-order valence-corrected chi connectivity index (χ3v) is 3.34. The molecule has 0 spiro atoms. The molecule has 0 aliphatic carbocycles. The van der Waals surface area contributed by atoms with Crippen LogP contribution in [0, 0.1) is 0 Å². The normalized spacial score (nSPS) is 28.6. The van der Waals surface area contributed by atoms with Crippen molar-refractivity contribution in [2.45, 2.75) is 25.0 Å². The highest BCUT2D eigenvalue weighted by atomic mass is 16.5. The standard InChI is InChI=1S/C11H16N2O5/c1-12-4-5-13(6-9(12)14)10(15)7-2-3-8(18-7)11(16)17/h7-8H,2-6H2,1H3,(H,16,17)/t7-,8+/m0/s1. The van der Waals surface area contributed by atoms with Crippen molar-refractivity contribution in [3.63, 3.8) is 0 Å². The van der Waals surface area contributed by atoms with Gasteiger partial charge >= 0.3 is 5.97 Å². The fraction of sp³-hybridized carbons (Fsp3) is 0.727. The molecule has 7 heteroatoms. The van der Waals surface area contributed by atoms with Gasteiger partial charge in [0.15, 0.2) is 6.10 Å². The molecule has 0 bridgehead atoms. The van der Waals surface area contributed by atoms with Gasteiger partial charge in [0, 0.05) is 20.1 Å². The molecular weight excluding hydrogens is 240 g/mol. The predicted octanol–water partition coefficient (Wildman–Crippen LogP) is -1.08. The number of carboxylic acid groups (broad SMARTS) is 1. The van der Waals surface area contributed by atoms with Crippen LogP contribution < -0.4 is 0 Å². The smallest absolute Gasteiger partial charge is 0.332 e. The predicted molar refractivity (Wildman–Crippen MR) is 59.7 cm³/mol. The Kier molecular flexibility index (Phi) is 3.51. The summed E-state index contributed by atoms with van der Waals surface area (Å²) in [7, 11) is 1.69. The van der Waals surface area contributed by atoms with Gasteiger partial charge in [0.2, 0.25) is 5.91 Å². The van der Waals surface area contributed by atoms with Crippen molar-refractivity contribution in [2.24, 2.45) is 0 Å². The number of piperazine rings is 1. The van der Waals surface area contributed by atoms with Gasteiger partial charge in [-0.1, -0.05) is 0 Å². The molecule has 2 aliphatic heterocycles. The van der Waals surface area contributed by atoms with Gasteiger partial charge < -0.3 is 19.6 Å². The maximum Gasteiger partial charge on any atom is 0.332 e. The first-order chi connectivity index (χ1) is 8.49. The maximum atomic E-state index is 12.1. The van der Waals surface area contributed by atoms with Crippen LogP contribution in [0.5, 0.6) is 0 Å². The molecule has 1 N–H and O–H groups in total. The van der Waals surface area contributed by atoms with Crippen LogP contribution in [0.1, 0.15) is 12.8 Å². The summed E-state index contributed by atoms with van der Waals surface area (Å²) >= 11 is 0. The van der Waals surface area contributed by atoms with Crippen molar-refractivity contribution in [3.05, 3.63) is 0 Å². The van der Waals surface area contributed by atoms with E-state index in [1.54, 1.807) is 11.9 Å². The number of hydrogen-bond donors (Lipinski definition) is 1. The van der Waals surface area contributed by atoms with E-state index in [-0.39, 0.29) is 18.4 Å². The third kappa shape index (κ3) is 2.45. The van der Waals surface area contributed by atoms with Gasteiger partial charge in [-0.25, -0.2) is 4.79 Å². The number of rotatable bonds is 2. The molecule has 0 radical (unpaired) electrons. The molecular formula is C11H16N2O5. The summed E-state index contributed by atoms with van der Waals surface area (Å²) in [5.74, 6) is -1.43. The SMILES string of the molecule is CN1CCN(C(=O)[C@@H]2CC[C@H](C(=O)O)O2)CC1=O. The average Bonchev–Trinajstić information content (AvgIpc) is 2.81. The van der Waals surface area contributed by atoms with Crippen molar-refractivity contribution in [1.82, 2.24) is 9.80 Å². The number of likely N-dealkylation sites (N-methyl/N-ethyl adjacent to an activating group) is 1. The number of carboxylic acids is 1. The first kappa shape index (κ1) is 12.8. The first-order valence-electron chi connectivity index (χ1n) is 5.90. The second-order valence-electron chi connectivity index (χ2n) is 4.60. The van der Waals surface area contributed by atoms with Crippen molar-refractivity contribution in [3.8, 4) is 0 Å². The van der Waals surface area contributed by atoms with Crippen molar-refractivity contribution < 1.29 is 24.2 Å². The van der Waals surface area contributed by atoms with Gasteiger partial charge in [-0.3, -0.25) is 9.59 Å². The highest BCUT2D eigenvalue weighted by Crippen LogP contribution is 2.22. The van der Waals surface area contributed by atoms with E-state index in [1.165, 1.54) is 4.90 Å². The molecule has 0 unspecified atom stereocenters. The van der Waals surface area contributed by atoms with E-state index in [0.717, 1.165) is 0 Å². The quantitative estimate of drug-likeness (QED) is 0.679. The summed E-state index contributed by atoms with van der Waals surface area (Å²) in [5.41, 5.74) is 0. The molecule has 0 aromatic rings. The molecule has 2 saturated heterocycles. The lowest BCUT2D eigenvalue weighted by Gasteiger charge is -2.33. The molecule has 18 heavy (non-hydrogen) atoms. The third-order valence-electron chi connectivity index (χ3n) is 3.34. The largest absolute Gasteiger partial charge is 0.479 e. The Balaban J connectivity index is 1.92. The van der Waals surface area contributed by atoms with Gasteiger partial charge in [-0.05, 0) is 12.8 Å². The Labute approximate surface area is 104 Å². The van der Waals surface area contributed by atoms with E-state index in [1.807, 2.05) is 0 Å². The fourth-order valence-electron chi connectivity index (χ4n) is 2.15. The number of carbonyl (C=O) groups excluding carboxylic acids is 2. The topological polar surface area (TPSA) is 87.2 Å². The van der Waals surface area contributed by atoms with E-state index < -0.39 is 18.2 Å². The number of carbonyl (C=O) groups is 3. The molecule has 0 saturated carbocycles. The van der Waals surface area contributed by atoms with Gasteiger partial charge in [0.05, 0.1) is 6.54 Å². The summed E-state index contributed by atoms with van der Waals surface area (Å²) in [5, 5.41) is 8.79. The van der Waals surface area contributed by atoms with Gasteiger partial charge in [-0.2, -0.15) is 0 Å². The molecule has 2 atom stereocenters. The monoisotopic (exact) mass is 256 g/mol. The zero-order valence-electron chi connectivity index (χ0n) is 10.2. The number of hydrogen-bond acceptors (Lipinski definition) is 4. The lowest BCUT2D eigenvalue weighted by molar-refractivity contribution is -0.157. The Morgan fingerprint density at radius 3 is 2.50 bits per heavy atom. The highest BCUT2D eigenvalue weighted by Gasteiger charge is 2.38. The molecule has 2 amide bonds. The minimum Gasteiger partial charge on any atom is -0.479 e. The molecule has 7 nitrogen and oxygen atoms in total. The number of aliphatic carboxylic acids is 1. The van der Waals surface area contributed by atoms with Crippen molar-refractivity contribution in [2.75, 3.05) is 26.7 Å². The zero-order valence-corrected chi connectivity index (χ0v) is 10.2. The molecule has 100 valence electrons. The van der Waals surface area contributed by atoms with Gasteiger partial charge in [0.25, 0.3) is 5.91 Å². The lowest BCUT2D eigenvalue weighted by Crippen LogP contribution is -2.53. The van der Waals surface area contributed by atoms with Gasteiger partial charge in [0.1, 0.15) is 6.10 Å². The molecule has 0 aromatic heterocycles. The highest BCUT2D eigenvalue weighted by molar-refractivity contribution is 5.88. The zero-order chi connectivity index (χ0) is 13.3. The minimum absolute atomic E-state index is 0.0485. The summed E-state index contributed by atoms with van der Waals surface area (Å²) < 4.78 is 5.18. The Morgan fingerprint density at radius 2 is 1.94 bits per heavy atom. The van der Waals surface area contributed by atoms with Crippen molar-refractivity contribution in [1.29, 1.82) is 0 Å². The Morgan fingerprint density at radius 1 is 1.28 bits per heavy atom. The van der Waals surface area contributed by atoms with Crippen LogP contribution >= 0.6 is 0 Å². The van der Waals surface area contributed by atoms with Crippen LogP contribution in [0.3, 0.4) is 0 Å². The number of ether oxygens (including phenoxy) is 1. The fourth-order valence-corrected chi connectivity index (χ4v) is 2.15. The molecule has 2 rings (SSSR count). The van der Waals surface area contributed by atoms with Gasteiger partial charge in [-0.15, -0.1) is 0 Å². The van der Waals surface area contributed by atoms with E-state index in [0.29, 0.717) is 25.9 Å². The molecule has 2 heterocycles. The molecule has 2 fully saturated rings. The lowest BCUT2D eigenvalue weighted by atomic mass is 10.1. The van der Waals surface area contributed by atoms with E-state index in [4.69, 9.17) is 9.84 Å². The summed E-state index contributed by atoms with van der Waals surface area (Å²) in [6.45, 7) is 1.02. The minimum atomic E-state index is -1.04. The second kappa shape index (κ2) is 4.93. The summed E-state index contributed by atoms with van der Waals surface area (Å²) in [4.78, 5) is 37.3. The average molecular weight is 256 g/mol. The summed E-state index contributed by atoms with van der Waals surface area (Å²) in [6.07, 6.45) is -0.881. The second-order valence-corrected chi connectivity index (χ2v) is 4.60. The van der Waals surface area contributed by atoms with Crippen LogP contribution in [-0.4, -0.2) is 71.6 Å². The Hall–Kier alpha value is -1.63. The maximum absolute atomic E-state index is 12.1. The van der Waals surface area contributed by atoms with Crippen molar-refractivity contribution >= 4 is 17.8 Å². The van der Waals surface area contributed by atoms with Crippen LogP contribution in [-0.2, 0) is 19.1 Å². The van der Waals surface area contributed by atoms with E-state index >= 15 is 0 Å². The summed E-state index contributed by atoms with van der Waals surface area (Å²) in [6, 6.07) is 0. The molecule has 2 aliphatic rings. The van der Waals surface area contributed by atoms with Crippen LogP contribution in [0.15, 0.2) is 0 Å². The molecule has 0 aromatic carbocycles. The number of nitrogens with zero attached hydrogens (tertiary/aromatic N) is 2. The Bertz CT molecular complexity index is 384.